The molecule has 1 aromatic heterocycles. The molecule has 1 aliphatic rings. The third-order valence-electron chi connectivity index (χ3n) is 4.16. The lowest BCUT2D eigenvalue weighted by atomic mass is 9.96. The molecule has 0 spiro atoms. The van der Waals surface area contributed by atoms with Crippen LogP contribution < -0.4 is 11.1 Å². The molecule has 0 saturated carbocycles. The average Bonchev–Trinajstić information content (AvgIpc) is 2.53. The van der Waals surface area contributed by atoms with Gasteiger partial charge in [-0.15, -0.1) is 0 Å². The van der Waals surface area contributed by atoms with Crippen molar-refractivity contribution >= 4 is 5.82 Å². The quantitative estimate of drug-likeness (QED) is 0.807. The van der Waals surface area contributed by atoms with E-state index in [2.05, 4.69) is 21.4 Å². The van der Waals surface area contributed by atoms with Crippen molar-refractivity contribution in [1.82, 2.24) is 15.3 Å². The molecule has 4 N–H and O–H groups in total. The number of hydrogen-bond donors (Lipinski definition) is 3. The van der Waals surface area contributed by atoms with Crippen LogP contribution in [0.15, 0.2) is 30.6 Å². The Morgan fingerprint density at radius 2 is 2.09 bits per heavy atom. The zero-order valence-electron chi connectivity index (χ0n) is 12.6. The molecule has 0 radical (unpaired) electrons. The van der Waals surface area contributed by atoms with Gasteiger partial charge in [-0.3, -0.25) is 0 Å². The van der Waals surface area contributed by atoms with Crippen LogP contribution in [-0.2, 0) is 6.42 Å². The van der Waals surface area contributed by atoms with Crippen LogP contribution in [0.2, 0.25) is 0 Å². The summed E-state index contributed by atoms with van der Waals surface area (Å²) >= 11 is 0. The fourth-order valence-corrected chi connectivity index (χ4v) is 3.01. The van der Waals surface area contributed by atoms with Gasteiger partial charge in [-0.05, 0) is 56.0 Å². The Balaban J connectivity index is 1.74. The molecule has 0 aliphatic carbocycles. The van der Waals surface area contributed by atoms with Crippen LogP contribution in [0.5, 0.6) is 5.75 Å². The molecule has 0 amide bonds. The van der Waals surface area contributed by atoms with Crippen LogP contribution in [-0.4, -0.2) is 27.7 Å². The minimum atomic E-state index is 0.265. The number of aromatic hydroxyl groups is 1. The molecule has 1 saturated heterocycles. The van der Waals surface area contributed by atoms with E-state index in [9.17, 15) is 5.11 Å². The molecule has 0 unspecified atom stereocenters. The van der Waals surface area contributed by atoms with E-state index in [0.29, 0.717) is 11.9 Å². The topological polar surface area (TPSA) is 84.1 Å². The lowest BCUT2D eigenvalue weighted by Gasteiger charge is -2.23. The SMILES string of the molecule is Nc1cc(-c2cc(O)cc(CC[C@H]3CCCCN3)c2)ncn1. The highest BCUT2D eigenvalue weighted by Gasteiger charge is 2.13. The minimum Gasteiger partial charge on any atom is -0.508 e. The number of hydrogen-bond acceptors (Lipinski definition) is 5. The summed E-state index contributed by atoms with van der Waals surface area (Å²) in [7, 11) is 0. The van der Waals surface area contributed by atoms with Crippen LogP contribution in [0, 0.1) is 0 Å². The van der Waals surface area contributed by atoms with Crippen molar-refractivity contribution in [1.29, 1.82) is 0 Å². The van der Waals surface area contributed by atoms with E-state index >= 15 is 0 Å². The molecule has 5 heteroatoms. The van der Waals surface area contributed by atoms with E-state index in [0.717, 1.165) is 36.2 Å². The molecular weight excluding hydrogens is 276 g/mol. The third-order valence-corrected chi connectivity index (χ3v) is 4.16. The maximum Gasteiger partial charge on any atom is 0.127 e. The molecule has 5 nitrogen and oxygen atoms in total. The summed E-state index contributed by atoms with van der Waals surface area (Å²) in [5.41, 5.74) is 8.44. The molecule has 1 aromatic carbocycles. The molecule has 3 rings (SSSR count). The van der Waals surface area contributed by atoms with Gasteiger partial charge >= 0.3 is 0 Å². The summed E-state index contributed by atoms with van der Waals surface area (Å²) in [6.07, 6.45) is 7.31. The van der Waals surface area contributed by atoms with E-state index in [4.69, 9.17) is 5.73 Å². The maximum absolute atomic E-state index is 9.97. The highest BCUT2D eigenvalue weighted by Crippen LogP contribution is 2.26. The Morgan fingerprint density at radius 1 is 1.18 bits per heavy atom. The Labute approximate surface area is 130 Å². The molecule has 1 atom stereocenters. The number of benzene rings is 1. The molecule has 22 heavy (non-hydrogen) atoms. The number of phenolic OH excluding ortho intramolecular Hbond substituents is 1. The van der Waals surface area contributed by atoms with Gasteiger partial charge in [0.2, 0.25) is 0 Å². The normalized spacial score (nSPS) is 18.3. The van der Waals surface area contributed by atoms with E-state index in [1.807, 2.05) is 6.07 Å². The first-order chi connectivity index (χ1) is 10.7. The van der Waals surface area contributed by atoms with Crippen LogP contribution in [0.4, 0.5) is 5.82 Å². The van der Waals surface area contributed by atoms with Gasteiger partial charge < -0.3 is 16.2 Å². The number of nitrogens with two attached hydrogens (primary N) is 1. The highest BCUT2D eigenvalue weighted by molar-refractivity contribution is 5.64. The van der Waals surface area contributed by atoms with Crippen molar-refractivity contribution in [2.45, 2.75) is 38.1 Å². The highest BCUT2D eigenvalue weighted by atomic mass is 16.3. The smallest absolute Gasteiger partial charge is 0.127 e. The predicted molar refractivity (Wildman–Crippen MR) is 87.5 cm³/mol. The molecule has 0 bridgehead atoms. The van der Waals surface area contributed by atoms with Crippen LogP contribution >= 0.6 is 0 Å². The summed E-state index contributed by atoms with van der Waals surface area (Å²) in [5, 5.41) is 13.5. The van der Waals surface area contributed by atoms with Gasteiger partial charge in [0.15, 0.2) is 0 Å². The first-order valence-electron chi connectivity index (χ1n) is 7.85. The van der Waals surface area contributed by atoms with E-state index < -0.39 is 0 Å². The van der Waals surface area contributed by atoms with Crippen molar-refractivity contribution in [2.75, 3.05) is 12.3 Å². The monoisotopic (exact) mass is 298 g/mol. The van der Waals surface area contributed by atoms with Gasteiger partial charge in [0, 0.05) is 17.7 Å². The van der Waals surface area contributed by atoms with Crippen LogP contribution in [0.1, 0.15) is 31.2 Å². The fraction of sp³-hybridized carbons (Fsp3) is 0.412. The summed E-state index contributed by atoms with van der Waals surface area (Å²) in [5.74, 6) is 0.697. The van der Waals surface area contributed by atoms with E-state index in [-0.39, 0.29) is 5.75 Å². The van der Waals surface area contributed by atoms with Gasteiger partial charge in [-0.1, -0.05) is 6.42 Å². The zero-order valence-corrected chi connectivity index (χ0v) is 12.6. The fourth-order valence-electron chi connectivity index (χ4n) is 3.01. The molecule has 116 valence electrons. The van der Waals surface area contributed by atoms with Crippen molar-refractivity contribution in [2.24, 2.45) is 0 Å². The lowest BCUT2D eigenvalue weighted by Crippen LogP contribution is -2.34. The number of rotatable bonds is 4. The standard InChI is InChI=1S/C17H22N4O/c18-17-10-16(20-11-21-17)13-7-12(8-15(22)9-13)4-5-14-3-1-2-6-19-14/h7-11,14,19,22H,1-6H2,(H2,18,20,21)/t14-/m1/s1. The summed E-state index contributed by atoms with van der Waals surface area (Å²) in [6, 6.07) is 7.93. The Morgan fingerprint density at radius 3 is 2.86 bits per heavy atom. The number of aryl methyl sites for hydroxylation is 1. The van der Waals surface area contributed by atoms with Gasteiger partial charge in [0.05, 0.1) is 5.69 Å². The minimum absolute atomic E-state index is 0.265. The maximum atomic E-state index is 9.97. The van der Waals surface area contributed by atoms with Crippen molar-refractivity contribution in [3.8, 4) is 17.0 Å². The molecular formula is C17H22N4O. The van der Waals surface area contributed by atoms with Gasteiger partial charge in [0.1, 0.15) is 17.9 Å². The number of anilines is 1. The molecule has 1 fully saturated rings. The van der Waals surface area contributed by atoms with Crippen LogP contribution in [0.25, 0.3) is 11.3 Å². The first-order valence-corrected chi connectivity index (χ1v) is 7.85. The van der Waals surface area contributed by atoms with Crippen LogP contribution in [0.3, 0.4) is 0 Å². The lowest BCUT2D eigenvalue weighted by molar-refractivity contribution is 0.382. The number of nitrogens with one attached hydrogen (secondary N) is 1. The second kappa shape index (κ2) is 6.75. The Bertz CT molecular complexity index is 638. The Hall–Kier alpha value is -2.14. The molecule has 2 heterocycles. The second-order valence-corrected chi connectivity index (χ2v) is 5.90. The van der Waals surface area contributed by atoms with Gasteiger partial charge in [0.25, 0.3) is 0 Å². The molecule has 2 aromatic rings. The van der Waals surface area contributed by atoms with Crippen molar-refractivity contribution < 1.29 is 5.11 Å². The van der Waals surface area contributed by atoms with Crippen molar-refractivity contribution in [3.05, 3.63) is 36.2 Å². The second-order valence-electron chi connectivity index (χ2n) is 5.90. The first kappa shape index (κ1) is 14.8. The summed E-state index contributed by atoms with van der Waals surface area (Å²) in [4.78, 5) is 8.13. The summed E-state index contributed by atoms with van der Waals surface area (Å²) in [6.45, 7) is 1.12. The average molecular weight is 298 g/mol. The number of phenols is 1. The van der Waals surface area contributed by atoms with E-state index in [1.54, 1.807) is 12.1 Å². The van der Waals surface area contributed by atoms with Gasteiger partial charge in [-0.2, -0.15) is 0 Å². The Kier molecular flexibility index (Phi) is 4.53. The number of aromatic nitrogens is 2. The largest absolute Gasteiger partial charge is 0.508 e. The number of nitrogen functional groups attached to an aromatic ring is 1. The summed E-state index contributed by atoms with van der Waals surface area (Å²) < 4.78 is 0. The van der Waals surface area contributed by atoms with Crippen molar-refractivity contribution in [3.63, 3.8) is 0 Å². The molecule has 1 aliphatic heterocycles. The number of nitrogens with zero attached hydrogens (tertiary/aromatic N) is 2. The predicted octanol–water partition coefficient (Wildman–Crippen LogP) is 2.51. The van der Waals surface area contributed by atoms with E-state index in [1.165, 1.54) is 25.6 Å². The third kappa shape index (κ3) is 3.74. The number of piperidine rings is 1. The zero-order chi connectivity index (χ0) is 15.4. The van der Waals surface area contributed by atoms with Gasteiger partial charge in [-0.25, -0.2) is 9.97 Å².